The van der Waals surface area contributed by atoms with E-state index in [1.807, 2.05) is 12.1 Å². The summed E-state index contributed by atoms with van der Waals surface area (Å²) in [5.74, 6) is -0.0728. The topological polar surface area (TPSA) is 66.6 Å². The molecule has 0 radical (unpaired) electrons. The molecule has 0 bridgehead atoms. The lowest BCUT2D eigenvalue weighted by Gasteiger charge is -2.12. The maximum Gasteiger partial charge on any atom is 0.292 e. The number of aliphatic hydroxyl groups is 1. The Morgan fingerprint density at radius 3 is 3.00 bits per heavy atom. The molecular formula is C14H13ClN2O3. The van der Waals surface area contributed by atoms with Crippen LogP contribution in [0.15, 0.2) is 34.9 Å². The number of carbonyl (C=O) groups is 1. The van der Waals surface area contributed by atoms with Crippen LogP contribution >= 0.6 is 11.6 Å². The van der Waals surface area contributed by atoms with Crippen molar-refractivity contribution in [3.8, 4) is 11.3 Å². The molecule has 1 saturated heterocycles. The predicted octanol–water partition coefficient (Wildman–Crippen LogP) is 2.20. The Balaban J connectivity index is 1.81. The van der Waals surface area contributed by atoms with Gasteiger partial charge in [0, 0.05) is 29.7 Å². The van der Waals surface area contributed by atoms with E-state index >= 15 is 0 Å². The average Bonchev–Trinajstić information content (AvgIpc) is 3.07. The molecule has 0 spiro atoms. The molecule has 1 atom stereocenters. The molecule has 1 aromatic carbocycles. The summed E-state index contributed by atoms with van der Waals surface area (Å²) < 4.78 is 5.10. The maximum absolute atomic E-state index is 12.2. The van der Waals surface area contributed by atoms with Crippen molar-refractivity contribution >= 4 is 17.5 Å². The third kappa shape index (κ3) is 2.55. The van der Waals surface area contributed by atoms with E-state index in [4.69, 9.17) is 16.1 Å². The highest BCUT2D eigenvalue weighted by molar-refractivity contribution is 6.30. The van der Waals surface area contributed by atoms with E-state index in [2.05, 4.69) is 5.16 Å². The minimum atomic E-state index is -0.450. The van der Waals surface area contributed by atoms with E-state index in [0.717, 1.165) is 5.56 Å². The fourth-order valence-corrected chi connectivity index (χ4v) is 2.43. The third-order valence-electron chi connectivity index (χ3n) is 3.29. The molecule has 5 nitrogen and oxygen atoms in total. The second-order valence-corrected chi connectivity index (χ2v) is 5.22. The van der Waals surface area contributed by atoms with Crippen molar-refractivity contribution in [3.63, 3.8) is 0 Å². The van der Waals surface area contributed by atoms with E-state index in [-0.39, 0.29) is 11.7 Å². The van der Waals surface area contributed by atoms with Gasteiger partial charge in [-0.05, 0) is 18.6 Å². The van der Waals surface area contributed by atoms with E-state index in [1.165, 1.54) is 0 Å². The van der Waals surface area contributed by atoms with Gasteiger partial charge in [-0.3, -0.25) is 4.79 Å². The second-order valence-electron chi connectivity index (χ2n) is 4.78. The van der Waals surface area contributed by atoms with E-state index < -0.39 is 6.10 Å². The normalized spacial score (nSPS) is 18.5. The predicted molar refractivity (Wildman–Crippen MR) is 73.5 cm³/mol. The fraction of sp³-hybridized carbons (Fsp3) is 0.286. The zero-order valence-electron chi connectivity index (χ0n) is 10.6. The summed E-state index contributed by atoms with van der Waals surface area (Å²) in [5, 5.41) is 13.9. The molecule has 20 heavy (non-hydrogen) atoms. The van der Waals surface area contributed by atoms with Crippen LogP contribution in [0.5, 0.6) is 0 Å². The maximum atomic E-state index is 12.2. The number of aliphatic hydroxyl groups excluding tert-OH is 1. The number of hydrogen-bond acceptors (Lipinski definition) is 4. The number of carbonyl (C=O) groups excluding carboxylic acids is 1. The van der Waals surface area contributed by atoms with Crippen LogP contribution in [0.2, 0.25) is 5.02 Å². The lowest BCUT2D eigenvalue weighted by Crippen LogP contribution is -2.29. The molecule has 104 valence electrons. The van der Waals surface area contributed by atoms with Crippen molar-refractivity contribution in [2.45, 2.75) is 12.5 Å². The summed E-state index contributed by atoms with van der Waals surface area (Å²) in [6, 6.07) is 8.77. The number of rotatable bonds is 2. The van der Waals surface area contributed by atoms with Crippen LogP contribution in [0.1, 0.15) is 17.0 Å². The fourth-order valence-electron chi connectivity index (χ4n) is 2.24. The molecule has 3 rings (SSSR count). The molecule has 1 aromatic heterocycles. The SMILES string of the molecule is O=C(c1cc(-c2cccc(Cl)c2)no1)N1CC[C@@H](O)C1. The molecule has 1 N–H and O–H groups in total. The number of halogens is 1. The van der Waals surface area contributed by atoms with Crippen molar-refractivity contribution in [2.24, 2.45) is 0 Å². The average molecular weight is 293 g/mol. The Morgan fingerprint density at radius 1 is 1.45 bits per heavy atom. The highest BCUT2D eigenvalue weighted by atomic mass is 35.5. The van der Waals surface area contributed by atoms with Gasteiger partial charge in [-0.2, -0.15) is 0 Å². The van der Waals surface area contributed by atoms with E-state index in [0.29, 0.717) is 30.2 Å². The Hall–Kier alpha value is -1.85. The molecule has 2 aromatic rings. The second kappa shape index (κ2) is 5.26. The largest absolute Gasteiger partial charge is 0.391 e. The molecule has 1 aliphatic rings. The lowest BCUT2D eigenvalue weighted by molar-refractivity contribution is 0.0724. The minimum absolute atomic E-state index is 0.175. The number of β-amino-alcohol motifs (C(OH)–C–C–N with tert-alkyl or cyclic N) is 1. The summed E-state index contributed by atoms with van der Waals surface area (Å²) in [5.41, 5.74) is 1.36. The van der Waals surface area contributed by atoms with Crippen molar-refractivity contribution in [1.29, 1.82) is 0 Å². The van der Waals surface area contributed by atoms with Gasteiger partial charge in [-0.25, -0.2) is 0 Å². The van der Waals surface area contributed by atoms with Crippen LogP contribution in [0.4, 0.5) is 0 Å². The van der Waals surface area contributed by atoms with Crippen LogP contribution < -0.4 is 0 Å². The van der Waals surface area contributed by atoms with Crippen LogP contribution in [0.3, 0.4) is 0 Å². The number of nitrogens with zero attached hydrogens (tertiary/aromatic N) is 2. The molecule has 0 aliphatic carbocycles. The zero-order chi connectivity index (χ0) is 14.1. The highest BCUT2D eigenvalue weighted by Gasteiger charge is 2.28. The Bertz CT molecular complexity index is 641. The number of amides is 1. The first-order chi connectivity index (χ1) is 9.63. The van der Waals surface area contributed by atoms with Gasteiger partial charge in [0.2, 0.25) is 5.76 Å². The summed E-state index contributed by atoms with van der Waals surface area (Å²) in [6.07, 6.45) is 0.148. The van der Waals surface area contributed by atoms with E-state index in [9.17, 15) is 9.90 Å². The van der Waals surface area contributed by atoms with E-state index in [1.54, 1.807) is 23.1 Å². The first-order valence-corrected chi connectivity index (χ1v) is 6.71. The Kier molecular flexibility index (Phi) is 3.46. The molecule has 6 heteroatoms. The summed E-state index contributed by atoms with van der Waals surface area (Å²) in [4.78, 5) is 13.7. The monoisotopic (exact) mass is 292 g/mol. The first kappa shape index (κ1) is 13.1. The van der Waals surface area contributed by atoms with Crippen LogP contribution in [0.25, 0.3) is 11.3 Å². The van der Waals surface area contributed by atoms with Crippen LogP contribution in [0, 0.1) is 0 Å². The summed E-state index contributed by atoms with van der Waals surface area (Å²) >= 11 is 5.92. The van der Waals surface area contributed by atoms with Crippen LogP contribution in [-0.2, 0) is 0 Å². The minimum Gasteiger partial charge on any atom is -0.391 e. The molecule has 1 amide bonds. The van der Waals surface area contributed by atoms with Gasteiger partial charge < -0.3 is 14.5 Å². The summed E-state index contributed by atoms with van der Waals surface area (Å²) in [7, 11) is 0. The quantitative estimate of drug-likeness (QED) is 0.921. The molecule has 0 unspecified atom stereocenters. The standard InChI is InChI=1S/C14H13ClN2O3/c15-10-3-1-2-9(6-10)12-7-13(20-16-12)14(19)17-5-4-11(18)8-17/h1-3,6-7,11,18H,4-5,8H2/t11-/m1/s1. The molecule has 1 aliphatic heterocycles. The number of likely N-dealkylation sites (tertiary alicyclic amines) is 1. The number of benzene rings is 1. The molecule has 2 heterocycles. The lowest BCUT2D eigenvalue weighted by atomic mass is 10.1. The van der Waals surface area contributed by atoms with Gasteiger partial charge >= 0.3 is 0 Å². The number of aromatic nitrogens is 1. The smallest absolute Gasteiger partial charge is 0.292 e. The van der Waals surface area contributed by atoms with Crippen LogP contribution in [-0.4, -0.2) is 40.3 Å². The zero-order valence-corrected chi connectivity index (χ0v) is 11.4. The first-order valence-electron chi connectivity index (χ1n) is 6.33. The van der Waals surface area contributed by atoms with Crippen molar-refractivity contribution in [2.75, 3.05) is 13.1 Å². The third-order valence-corrected chi connectivity index (χ3v) is 3.53. The Labute approximate surface area is 120 Å². The van der Waals surface area contributed by atoms with Crippen molar-refractivity contribution in [1.82, 2.24) is 10.1 Å². The highest BCUT2D eigenvalue weighted by Crippen LogP contribution is 2.23. The van der Waals surface area contributed by atoms with Gasteiger partial charge in [0.05, 0.1) is 6.10 Å². The van der Waals surface area contributed by atoms with Crippen molar-refractivity contribution in [3.05, 3.63) is 41.1 Å². The van der Waals surface area contributed by atoms with Gasteiger partial charge in [0.25, 0.3) is 5.91 Å². The van der Waals surface area contributed by atoms with Gasteiger partial charge in [0.15, 0.2) is 0 Å². The van der Waals surface area contributed by atoms with Crippen molar-refractivity contribution < 1.29 is 14.4 Å². The molecule has 1 fully saturated rings. The Morgan fingerprint density at radius 2 is 2.30 bits per heavy atom. The number of hydrogen-bond donors (Lipinski definition) is 1. The van der Waals surface area contributed by atoms with Gasteiger partial charge in [-0.15, -0.1) is 0 Å². The molecule has 0 saturated carbocycles. The van der Waals surface area contributed by atoms with Gasteiger partial charge in [0.1, 0.15) is 5.69 Å². The van der Waals surface area contributed by atoms with Gasteiger partial charge in [-0.1, -0.05) is 28.9 Å². The molecular weight excluding hydrogens is 280 g/mol. The summed E-state index contributed by atoms with van der Waals surface area (Å²) in [6.45, 7) is 0.874.